The predicted molar refractivity (Wildman–Crippen MR) is 113 cm³/mol. The molecule has 0 aliphatic rings. The third-order valence-corrected chi connectivity index (χ3v) is 5.13. The Morgan fingerprint density at radius 2 is 1.82 bits per heavy atom. The van der Waals surface area contributed by atoms with Crippen LogP contribution in [0.25, 0.3) is 10.1 Å². The van der Waals surface area contributed by atoms with Crippen LogP contribution in [0.2, 0.25) is 0 Å². The lowest BCUT2D eigenvalue weighted by atomic mass is 10.2. The normalized spacial score (nSPS) is 10.5. The summed E-state index contributed by atoms with van der Waals surface area (Å²) < 4.78 is 11.6. The van der Waals surface area contributed by atoms with Gasteiger partial charge >= 0.3 is 12.0 Å². The molecule has 0 saturated heterocycles. The van der Waals surface area contributed by atoms with Crippen LogP contribution < -0.4 is 15.4 Å². The Bertz CT molecular complexity index is 1010. The van der Waals surface area contributed by atoms with Crippen LogP contribution in [-0.2, 0) is 4.74 Å². The van der Waals surface area contributed by atoms with Gasteiger partial charge < -0.3 is 20.1 Å². The highest BCUT2D eigenvalue weighted by atomic mass is 32.1. The molecule has 0 aliphatic carbocycles. The molecule has 0 saturated carbocycles. The number of aryl methyl sites for hydroxylation is 1. The molecule has 0 radical (unpaired) electrons. The number of urea groups is 1. The second-order valence-electron chi connectivity index (χ2n) is 6.26. The maximum absolute atomic E-state index is 12.3. The molecule has 2 aromatic carbocycles. The number of nitrogens with one attached hydrogen (secondary N) is 2. The number of ether oxygens (including phenoxy) is 2. The van der Waals surface area contributed by atoms with E-state index in [9.17, 15) is 9.59 Å². The fraction of sp³-hybridized carbons (Fsp3) is 0.238. The number of benzene rings is 2. The molecule has 1 heterocycles. The van der Waals surface area contributed by atoms with Crippen molar-refractivity contribution in [2.24, 2.45) is 0 Å². The number of hydrogen-bond acceptors (Lipinski definition) is 5. The van der Waals surface area contributed by atoms with Crippen LogP contribution in [-0.4, -0.2) is 25.7 Å². The van der Waals surface area contributed by atoms with E-state index >= 15 is 0 Å². The van der Waals surface area contributed by atoms with Crippen LogP contribution in [0.3, 0.4) is 0 Å². The van der Waals surface area contributed by atoms with E-state index in [2.05, 4.69) is 10.6 Å². The van der Waals surface area contributed by atoms with Gasteiger partial charge in [-0.3, -0.25) is 0 Å². The van der Waals surface area contributed by atoms with Gasteiger partial charge in [0.2, 0.25) is 0 Å². The average Bonchev–Trinajstić information content (AvgIpc) is 3.03. The minimum absolute atomic E-state index is 0.343. The van der Waals surface area contributed by atoms with E-state index in [-0.39, 0.29) is 6.03 Å². The van der Waals surface area contributed by atoms with Crippen LogP contribution in [0.1, 0.15) is 28.6 Å². The van der Waals surface area contributed by atoms with Crippen LogP contribution >= 0.6 is 11.3 Å². The van der Waals surface area contributed by atoms with Crippen molar-refractivity contribution in [3.8, 4) is 5.75 Å². The maximum Gasteiger partial charge on any atom is 0.351 e. The molecule has 3 rings (SSSR count). The molecule has 0 fully saturated rings. The Kier molecular flexibility index (Phi) is 6.16. The summed E-state index contributed by atoms with van der Waals surface area (Å²) in [5.74, 6) is 0.0652. The smallest absolute Gasteiger partial charge is 0.351 e. The Hall–Kier alpha value is -3.06. The van der Waals surface area contributed by atoms with E-state index in [0.717, 1.165) is 22.1 Å². The molecule has 0 aliphatic heterocycles. The number of fused-ring (bicyclic) bond motifs is 1. The van der Waals surface area contributed by atoms with E-state index in [1.54, 1.807) is 12.1 Å². The molecule has 0 unspecified atom stereocenters. The van der Waals surface area contributed by atoms with E-state index in [1.807, 2.05) is 44.2 Å². The molecule has 0 bridgehead atoms. The number of esters is 1. The molecule has 7 heteroatoms. The first-order chi connectivity index (χ1) is 13.5. The van der Waals surface area contributed by atoms with Crippen molar-refractivity contribution in [2.75, 3.05) is 24.4 Å². The first-order valence-electron chi connectivity index (χ1n) is 8.94. The van der Waals surface area contributed by atoms with Crippen molar-refractivity contribution < 1.29 is 19.1 Å². The summed E-state index contributed by atoms with van der Waals surface area (Å²) in [4.78, 5) is 24.8. The summed E-state index contributed by atoms with van der Waals surface area (Å²) in [5, 5.41) is 6.40. The van der Waals surface area contributed by atoms with E-state index in [4.69, 9.17) is 9.47 Å². The van der Waals surface area contributed by atoms with Gasteiger partial charge in [-0.05, 0) is 49.2 Å². The monoisotopic (exact) mass is 398 g/mol. The largest absolute Gasteiger partial charge is 0.491 e. The van der Waals surface area contributed by atoms with Crippen molar-refractivity contribution in [3.05, 3.63) is 52.9 Å². The van der Waals surface area contributed by atoms with Crippen LogP contribution in [0.15, 0.2) is 42.5 Å². The molecule has 0 atom stereocenters. The van der Waals surface area contributed by atoms with Gasteiger partial charge in [-0.15, -0.1) is 11.3 Å². The summed E-state index contributed by atoms with van der Waals surface area (Å²) in [5.41, 5.74) is 2.38. The Morgan fingerprint density at radius 3 is 2.50 bits per heavy atom. The summed E-state index contributed by atoms with van der Waals surface area (Å²) in [6.45, 7) is 4.45. The van der Waals surface area contributed by atoms with Gasteiger partial charge in [0, 0.05) is 21.5 Å². The summed E-state index contributed by atoms with van der Waals surface area (Å²) in [7, 11) is 1.35. The second-order valence-corrected chi connectivity index (χ2v) is 7.31. The van der Waals surface area contributed by atoms with E-state index in [0.29, 0.717) is 28.6 Å². The fourth-order valence-corrected chi connectivity index (χ4v) is 3.79. The van der Waals surface area contributed by atoms with Crippen molar-refractivity contribution in [1.29, 1.82) is 0 Å². The van der Waals surface area contributed by atoms with Gasteiger partial charge in [0.1, 0.15) is 0 Å². The molecule has 146 valence electrons. The zero-order valence-corrected chi connectivity index (χ0v) is 16.8. The molecule has 28 heavy (non-hydrogen) atoms. The minimum atomic E-state index is -0.431. The zero-order chi connectivity index (χ0) is 20.1. The standard InChI is InChI=1S/C21H22N2O4S/c1-4-10-27-18-16-12-15(8-9-17(16)28-19(18)20(24)26-3)23-21(25)22-14-7-5-6-13(2)11-14/h5-9,11-12H,4,10H2,1-3H3,(H2,22,23,25). The fourth-order valence-electron chi connectivity index (χ4n) is 2.74. The zero-order valence-electron chi connectivity index (χ0n) is 16.0. The summed E-state index contributed by atoms with van der Waals surface area (Å²) in [6.07, 6.45) is 0.814. The van der Waals surface area contributed by atoms with Gasteiger partial charge in [-0.1, -0.05) is 19.1 Å². The third kappa shape index (κ3) is 4.43. The van der Waals surface area contributed by atoms with Crippen molar-refractivity contribution in [3.63, 3.8) is 0 Å². The van der Waals surface area contributed by atoms with Crippen LogP contribution in [0.4, 0.5) is 16.2 Å². The number of amides is 2. The summed E-state index contributed by atoms with van der Waals surface area (Å²) in [6, 6.07) is 12.7. The third-order valence-electron chi connectivity index (χ3n) is 4.00. The van der Waals surface area contributed by atoms with Crippen molar-refractivity contribution in [1.82, 2.24) is 0 Å². The second kappa shape index (κ2) is 8.75. The molecule has 0 spiro atoms. The SMILES string of the molecule is CCCOc1c(C(=O)OC)sc2ccc(NC(=O)Nc3cccc(C)c3)cc12. The topological polar surface area (TPSA) is 76.7 Å². The number of hydrogen-bond donors (Lipinski definition) is 2. The first kappa shape index (κ1) is 19.7. The molecule has 6 nitrogen and oxygen atoms in total. The van der Waals surface area contributed by atoms with E-state index < -0.39 is 5.97 Å². The Morgan fingerprint density at radius 1 is 1.07 bits per heavy atom. The molecule has 2 N–H and O–H groups in total. The number of anilines is 2. The van der Waals surface area contributed by atoms with Crippen LogP contribution in [0.5, 0.6) is 5.75 Å². The Balaban J connectivity index is 1.85. The van der Waals surface area contributed by atoms with Crippen LogP contribution in [0, 0.1) is 6.92 Å². The lowest BCUT2D eigenvalue weighted by Gasteiger charge is -2.09. The molecular formula is C21H22N2O4S. The predicted octanol–water partition coefficient (Wildman–Crippen LogP) is 5.43. The number of carbonyl (C=O) groups excluding carboxylic acids is 2. The number of thiophene rings is 1. The minimum Gasteiger partial charge on any atom is -0.491 e. The number of carbonyl (C=O) groups is 2. The van der Waals surface area contributed by atoms with Gasteiger partial charge in [0.15, 0.2) is 10.6 Å². The van der Waals surface area contributed by atoms with Gasteiger partial charge in [-0.25, -0.2) is 9.59 Å². The molecule has 2 amide bonds. The number of methoxy groups -OCH3 is 1. The van der Waals surface area contributed by atoms with Gasteiger partial charge in [0.05, 0.1) is 13.7 Å². The quantitative estimate of drug-likeness (QED) is 0.543. The Labute approximate surface area is 167 Å². The highest BCUT2D eigenvalue weighted by Gasteiger charge is 2.21. The lowest BCUT2D eigenvalue weighted by molar-refractivity contribution is 0.0602. The highest BCUT2D eigenvalue weighted by Crippen LogP contribution is 2.39. The van der Waals surface area contributed by atoms with Crippen molar-refractivity contribution >= 4 is 44.8 Å². The average molecular weight is 398 g/mol. The highest BCUT2D eigenvalue weighted by molar-refractivity contribution is 7.21. The first-order valence-corrected chi connectivity index (χ1v) is 9.75. The maximum atomic E-state index is 12.3. The van der Waals surface area contributed by atoms with Crippen molar-refractivity contribution in [2.45, 2.75) is 20.3 Å². The number of rotatable bonds is 6. The molecular weight excluding hydrogens is 376 g/mol. The van der Waals surface area contributed by atoms with E-state index in [1.165, 1.54) is 18.4 Å². The molecule has 1 aromatic heterocycles. The summed E-state index contributed by atoms with van der Waals surface area (Å²) >= 11 is 1.31. The van der Waals surface area contributed by atoms with Gasteiger partial charge in [-0.2, -0.15) is 0 Å². The van der Waals surface area contributed by atoms with Gasteiger partial charge in [0.25, 0.3) is 0 Å². The molecule has 3 aromatic rings. The lowest BCUT2D eigenvalue weighted by Crippen LogP contribution is -2.19.